The zero-order valence-electron chi connectivity index (χ0n) is 11.5. The number of hydrogen-bond donors (Lipinski definition) is 2. The number of morpholine rings is 1. The molecule has 1 aromatic rings. The smallest absolute Gasteiger partial charge is 0.254 e. The third kappa shape index (κ3) is 2.75. The zero-order valence-corrected chi connectivity index (χ0v) is 11.5. The predicted molar refractivity (Wildman–Crippen MR) is 72.6 cm³/mol. The van der Waals surface area contributed by atoms with Crippen molar-refractivity contribution in [3.8, 4) is 5.75 Å². The fourth-order valence-electron chi connectivity index (χ4n) is 2.14. The van der Waals surface area contributed by atoms with E-state index >= 15 is 0 Å². The first kappa shape index (κ1) is 14.3. The molecule has 1 aliphatic heterocycles. The topological polar surface area (TPSA) is 78.9 Å². The standard InChI is InChI=1S/C14H18N2O4/c1-9-3-4-10(7-12(9)17)14(19)16-5-6-20-8-11(16)13(18)15-2/h3-4,7,11,17H,5-6,8H2,1-2H3,(H,15,18). The number of ether oxygens (including phenoxy) is 1. The maximum atomic E-state index is 12.5. The average Bonchev–Trinajstić information content (AvgIpc) is 2.48. The highest BCUT2D eigenvalue weighted by molar-refractivity contribution is 5.98. The van der Waals surface area contributed by atoms with Gasteiger partial charge in [0.2, 0.25) is 5.91 Å². The minimum absolute atomic E-state index is 0.0700. The van der Waals surface area contributed by atoms with E-state index in [1.54, 1.807) is 19.1 Å². The Morgan fingerprint density at radius 3 is 2.85 bits per heavy atom. The van der Waals surface area contributed by atoms with Crippen molar-refractivity contribution >= 4 is 11.8 Å². The largest absolute Gasteiger partial charge is 0.508 e. The summed E-state index contributed by atoms with van der Waals surface area (Å²) in [4.78, 5) is 25.8. The van der Waals surface area contributed by atoms with Crippen molar-refractivity contribution in [1.29, 1.82) is 0 Å². The summed E-state index contributed by atoms with van der Waals surface area (Å²) in [6.07, 6.45) is 0. The van der Waals surface area contributed by atoms with E-state index in [4.69, 9.17) is 4.74 Å². The van der Waals surface area contributed by atoms with E-state index in [0.717, 1.165) is 0 Å². The third-order valence-electron chi connectivity index (χ3n) is 3.39. The van der Waals surface area contributed by atoms with Gasteiger partial charge in [-0.1, -0.05) is 6.07 Å². The average molecular weight is 278 g/mol. The second-order valence-electron chi connectivity index (χ2n) is 4.70. The van der Waals surface area contributed by atoms with Crippen molar-refractivity contribution in [2.45, 2.75) is 13.0 Å². The first-order valence-electron chi connectivity index (χ1n) is 6.44. The molecule has 20 heavy (non-hydrogen) atoms. The van der Waals surface area contributed by atoms with Gasteiger partial charge in [0.1, 0.15) is 11.8 Å². The van der Waals surface area contributed by atoms with E-state index in [2.05, 4.69) is 5.32 Å². The number of likely N-dealkylation sites (N-methyl/N-ethyl adjacent to an activating group) is 1. The number of nitrogens with one attached hydrogen (secondary N) is 1. The molecule has 1 fully saturated rings. The summed E-state index contributed by atoms with van der Waals surface area (Å²) in [5.41, 5.74) is 1.07. The lowest BCUT2D eigenvalue weighted by atomic mass is 10.1. The molecule has 1 unspecified atom stereocenters. The fraction of sp³-hybridized carbons (Fsp3) is 0.429. The van der Waals surface area contributed by atoms with Gasteiger partial charge in [-0.05, 0) is 24.6 Å². The van der Waals surface area contributed by atoms with Crippen molar-refractivity contribution < 1.29 is 19.4 Å². The Morgan fingerprint density at radius 1 is 1.45 bits per heavy atom. The van der Waals surface area contributed by atoms with Crippen LogP contribution in [0.5, 0.6) is 5.75 Å². The van der Waals surface area contributed by atoms with Gasteiger partial charge in [-0.25, -0.2) is 0 Å². The van der Waals surface area contributed by atoms with Crippen LogP contribution in [0, 0.1) is 6.92 Å². The molecule has 108 valence electrons. The number of carbonyl (C=O) groups excluding carboxylic acids is 2. The van der Waals surface area contributed by atoms with Crippen molar-refractivity contribution in [3.05, 3.63) is 29.3 Å². The van der Waals surface area contributed by atoms with Crippen LogP contribution in [0.4, 0.5) is 0 Å². The molecule has 1 aromatic carbocycles. The zero-order chi connectivity index (χ0) is 14.7. The lowest BCUT2D eigenvalue weighted by molar-refractivity contribution is -0.130. The quantitative estimate of drug-likeness (QED) is 0.815. The van der Waals surface area contributed by atoms with Gasteiger partial charge in [0.25, 0.3) is 5.91 Å². The van der Waals surface area contributed by atoms with Gasteiger partial charge in [-0.15, -0.1) is 0 Å². The van der Waals surface area contributed by atoms with Crippen LogP contribution in [0.3, 0.4) is 0 Å². The molecular weight excluding hydrogens is 260 g/mol. The van der Waals surface area contributed by atoms with E-state index in [1.807, 2.05) is 0 Å². The molecule has 2 amide bonds. The highest BCUT2D eigenvalue weighted by Crippen LogP contribution is 2.20. The monoisotopic (exact) mass is 278 g/mol. The van der Waals surface area contributed by atoms with E-state index in [1.165, 1.54) is 18.0 Å². The van der Waals surface area contributed by atoms with Crippen LogP contribution in [0.2, 0.25) is 0 Å². The Hall–Kier alpha value is -2.08. The Bertz CT molecular complexity index is 530. The molecule has 0 radical (unpaired) electrons. The number of benzene rings is 1. The Kier molecular flexibility index (Phi) is 4.24. The number of phenols is 1. The first-order chi connectivity index (χ1) is 9.54. The van der Waals surface area contributed by atoms with Gasteiger partial charge in [0.15, 0.2) is 0 Å². The summed E-state index contributed by atoms with van der Waals surface area (Å²) in [6, 6.07) is 4.12. The van der Waals surface area contributed by atoms with Crippen LogP contribution in [-0.2, 0) is 9.53 Å². The van der Waals surface area contributed by atoms with E-state index in [-0.39, 0.29) is 24.2 Å². The fourth-order valence-corrected chi connectivity index (χ4v) is 2.14. The first-order valence-corrected chi connectivity index (χ1v) is 6.44. The number of rotatable bonds is 2. The van der Waals surface area contributed by atoms with Gasteiger partial charge in [-0.2, -0.15) is 0 Å². The van der Waals surface area contributed by atoms with Crippen LogP contribution < -0.4 is 5.32 Å². The van der Waals surface area contributed by atoms with Crippen molar-refractivity contribution in [2.75, 3.05) is 26.8 Å². The molecule has 6 nitrogen and oxygen atoms in total. The maximum absolute atomic E-state index is 12.5. The SMILES string of the molecule is CNC(=O)C1COCCN1C(=O)c1ccc(C)c(O)c1. The maximum Gasteiger partial charge on any atom is 0.254 e. The van der Waals surface area contributed by atoms with Crippen molar-refractivity contribution in [3.63, 3.8) is 0 Å². The summed E-state index contributed by atoms with van der Waals surface area (Å²) >= 11 is 0. The van der Waals surface area contributed by atoms with Crippen LogP contribution in [-0.4, -0.2) is 54.7 Å². The minimum Gasteiger partial charge on any atom is -0.508 e. The van der Waals surface area contributed by atoms with Gasteiger partial charge >= 0.3 is 0 Å². The molecule has 1 atom stereocenters. The summed E-state index contributed by atoms with van der Waals surface area (Å²) < 4.78 is 5.26. The van der Waals surface area contributed by atoms with Crippen molar-refractivity contribution in [1.82, 2.24) is 10.2 Å². The molecule has 2 rings (SSSR count). The van der Waals surface area contributed by atoms with Gasteiger partial charge < -0.3 is 20.1 Å². The highest BCUT2D eigenvalue weighted by atomic mass is 16.5. The molecule has 0 aromatic heterocycles. The molecule has 1 aliphatic rings. The molecule has 0 saturated carbocycles. The van der Waals surface area contributed by atoms with Gasteiger partial charge in [0, 0.05) is 19.2 Å². The van der Waals surface area contributed by atoms with E-state index < -0.39 is 6.04 Å². The molecule has 0 bridgehead atoms. The number of carbonyl (C=O) groups is 2. The number of phenolic OH excluding ortho intramolecular Hbond substituents is 1. The number of nitrogens with zero attached hydrogens (tertiary/aromatic N) is 1. The molecule has 0 aliphatic carbocycles. The molecule has 0 spiro atoms. The van der Waals surface area contributed by atoms with Crippen LogP contribution >= 0.6 is 0 Å². The normalized spacial score (nSPS) is 18.7. The second kappa shape index (κ2) is 5.92. The number of aryl methyl sites for hydroxylation is 1. The number of hydrogen-bond acceptors (Lipinski definition) is 4. The minimum atomic E-state index is -0.635. The predicted octanol–water partition coefficient (Wildman–Crippen LogP) is 0.288. The summed E-state index contributed by atoms with van der Waals surface area (Å²) in [5.74, 6) is -0.466. The van der Waals surface area contributed by atoms with E-state index in [9.17, 15) is 14.7 Å². The lowest BCUT2D eigenvalue weighted by Crippen LogP contribution is -2.55. The molecule has 2 N–H and O–H groups in total. The number of amides is 2. The molecule has 1 heterocycles. The van der Waals surface area contributed by atoms with E-state index in [0.29, 0.717) is 24.3 Å². The lowest BCUT2D eigenvalue weighted by Gasteiger charge is -2.34. The molecular formula is C14H18N2O4. The molecule has 1 saturated heterocycles. The Morgan fingerprint density at radius 2 is 2.20 bits per heavy atom. The summed E-state index contributed by atoms with van der Waals surface area (Å²) in [5, 5.41) is 12.2. The third-order valence-corrected chi connectivity index (χ3v) is 3.39. The number of aromatic hydroxyl groups is 1. The Balaban J connectivity index is 2.25. The van der Waals surface area contributed by atoms with Crippen LogP contribution in [0.15, 0.2) is 18.2 Å². The van der Waals surface area contributed by atoms with Gasteiger partial charge in [0.05, 0.1) is 13.2 Å². The van der Waals surface area contributed by atoms with Crippen LogP contribution in [0.25, 0.3) is 0 Å². The summed E-state index contributed by atoms with van der Waals surface area (Å²) in [7, 11) is 1.53. The summed E-state index contributed by atoms with van der Waals surface area (Å²) in [6.45, 7) is 2.69. The second-order valence-corrected chi connectivity index (χ2v) is 4.70. The van der Waals surface area contributed by atoms with Crippen molar-refractivity contribution in [2.24, 2.45) is 0 Å². The van der Waals surface area contributed by atoms with Gasteiger partial charge in [-0.3, -0.25) is 9.59 Å². The highest BCUT2D eigenvalue weighted by Gasteiger charge is 2.32. The molecule has 6 heteroatoms. The van der Waals surface area contributed by atoms with Crippen LogP contribution in [0.1, 0.15) is 15.9 Å². The Labute approximate surface area is 117 Å².